The van der Waals surface area contributed by atoms with Crippen molar-refractivity contribution < 1.29 is 9.90 Å². The number of amides is 1. The molecule has 6 nitrogen and oxygen atoms in total. The first kappa shape index (κ1) is 13.7. The quantitative estimate of drug-likeness (QED) is 0.817. The van der Waals surface area contributed by atoms with Gasteiger partial charge in [-0.15, -0.1) is 0 Å². The molecule has 2 N–H and O–H groups in total. The highest BCUT2D eigenvalue weighted by atomic mass is 16.3. The molecule has 1 aromatic heterocycles. The number of nitrogens with zero attached hydrogens (tertiary/aromatic N) is 3. The molecule has 104 valence electrons. The normalized spacial score (nSPS) is 19.3. The number of carbonyl (C=O) groups excluding carboxylic acids is 1. The summed E-state index contributed by atoms with van der Waals surface area (Å²) in [6, 6.07) is 1.94. The van der Waals surface area contributed by atoms with Gasteiger partial charge in [-0.3, -0.25) is 4.79 Å². The highest BCUT2D eigenvalue weighted by Gasteiger charge is 2.23. The Morgan fingerprint density at radius 2 is 2.42 bits per heavy atom. The number of aliphatic hydroxyl groups is 1. The van der Waals surface area contributed by atoms with E-state index in [0.29, 0.717) is 12.5 Å². The number of hydrogen-bond donors (Lipinski definition) is 2. The lowest BCUT2D eigenvalue weighted by Gasteiger charge is -2.32. The van der Waals surface area contributed by atoms with Crippen molar-refractivity contribution in [3.8, 4) is 0 Å². The molecule has 0 aromatic carbocycles. The standard InChI is InChI=1S/C13H20N4O2/c1-14-12-6-11(15-9-16-12)5-10-3-2-4-17(7-10)13(19)8-18/h6,9-10,18H,2-5,7-8H2,1H3,(H,14,15,16). The first-order chi connectivity index (χ1) is 9.22. The number of rotatable bonds is 4. The van der Waals surface area contributed by atoms with Crippen molar-refractivity contribution >= 4 is 11.7 Å². The predicted molar refractivity (Wildman–Crippen MR) is 71.7 cm³/mol. The fourth-order valence-corrected chi connectivity index (χ4v) is 2.50. The molecule has 1 atom stereocenters. The summed E-state index contributed by atoms with van der Waals surface area (Å²) < 4.78 is 0. The van der Waals surface area contributed by atoms with E-state index in [2.05, 4.69) is 15.3 Å². The van der Waals surface area contributed by atoms with E-state index in [1.807, 2.05) is 13.1 Å². The Kier molecular flexibility index (Phi) is 4.68. The van der Waals surface area contributed by atoms with Gasteiger partial charge < -0.3 is 15.3 Å². The van der Waals surface area contributed by atoms with Crippen molar-refractivity contribution in [2.24, 2.45) is 5.92 Å². The molecule has 0 saturated carbocycles. The molecule has 19 heavy (non-hydrogen) atoms. The van der Waals surface area contributed by atoms with Gasteiger partial charge in [0.05, 0.1) is 0 Å². The van der Waals surface area contributed by atoms with Crippen molar-refractivity contribution in [2.75, 3.05) is 32.1 Å². The van der Waals surface area contributed by atoms with Crippen molar-refractivity contribution in [1.29, 1.82) is 0 Å². The fourth-order valence-electron chi connectivity index (χ4n) is 2.50. The smallest absolute Gasteiger partial charge is 0.248 e. The van der Waals surface area contributed by atoms with Gasteiger partial charge in [0.2, 0.25) is 5.91 Å². The lowest BCUT2D eigenvalue weighted by molar-refractivity contribution is -0.136. The van der Waals surface area contributed by atoms with Crippen molar-refractivity contribution in [1.82, 2.24) is 14.9 Å². The molecule has 1 aromatic rings. The molecule has 0 bridgehead atoms. The van der Waals surface area contributed by atoms with Gasteiger partial charge in [0.25, 0.3) is 0 Å². The number of nitrogens with one attached hydrogen (secondary N) is 1. The molecular weight excluding hydrogens is 244 g/mol. The van der Waals surface area contributed by atoms with Crippen LogP contribution < -0.4 is 5.32 Å². The van der Waals surface area contributed by atoms with E-state index in [0.717, 1.165) is 37.3 Å². The Labute approximate surface area is 112 Å². The van der Waals surface area contributed by atoms with Gasteiger partial charge in [0.1, 0.15) is 18.8 Å². The minimum absolute atomic E-state index is 0.177. The molecule has 0 aliphatic carbocycles. The molecule has 1 aliphatic heterocycles. The highest BCUT2D eigenvalue weighted by Crippen LogP contribution is 2.20. The second kappa shape index (κ2) is 6.47. The van der Waals surface area contributed by atoms with E-state index in [9.17, 15) is 4.79 Å². The van der Waals surface area contributed by atoms with E-state index in [4.69, 9.17) is 5.11 Å². The molecule has 2 rings (SSSR count). The van der Waals surface area contributed by atoms with Gasteiger partial charge in [0.15, 0.2) is 0 Å². The Morgan fingerprint density at radius 1 is 1.58 bits per heavy atom. The maximum Gasteiger partial charge on any atom is 0.248 e. The van der Waals surface area contributed by atoms with E-state index in [1.54, 1.807) is 11.2 Å². The third kappa shape index (κ3) is 3.64. The average Bonchev–Trinajstić information content (AvgIpc) is 2.47. The van der Waals surface area contributed by atoms with Gasteiger partial charge in [-0.2, -0.15) is 0 Å². The topological polar surface area (TPSA) is 78.4 Å². The van der Waals surface area contributed by atoms with Crippen LogP contribution in [0.2, 0.25) is 0 Å². The van der Waals surface area contributed by atoms with Crippen LogP contribution in [0.25, 0.3) is 0 Å². The number of aromatic nitrogens is 2. The van der Waals surface area contributed by atoms with Crippen LogP contribution in [0.5, 0.6) is 0 Å². The van der Waals surface area contributed by atoms with Crippen LogP contribution in [0, 0.1) is 5.92 Å². The third-order valence-electron chi connectivity index (χ3n) is 3.48. The molecule has 1 amide bonds. The number of carbonyl (C=O) groups is 1. The van der Waals surface area contributed by atoms with Crippen LogP contribution in [0.1, 0.15) is 18.5 Å². The van der Waals surface area contributed by atoms with Crippen LogP contribution >= 0.6 is 0 Å². The summed E-state index contributed by atoms with van der Waals surface area (Å²) in [6.45, 7) is 1.06. The monoisotopic (exact) mass is 264 g/mol. The first-order valence-electron chi connectivity index (χ1n) is 6.60. The van der Waals surface area contributed by atoms with E-state index < -0.39 is 6.61 Å². The number of anilines is 1. The highest BCUT2D eigenvalue weighted by molar-refractivity contribution is 5.77. The minimum atomic E-state index is -0.399. The summed E-state index contributed by atoms with van der Waals surface area (Å²) in [5.74, 6) is 1.04. The van der Waals surface area contributed by atoms with Crippen molar-refractivity contribution in [3.63, 3.8) is 0 Å². The van der Waals surface area contributed by atoms with Crippen LogP contribution in [0.15, 0.2) is 12.4 Å². The lowest BCUT2D eigenvalue weighted by atomic mass is 9.93. The zero-order valence-corrected chi connectivity index (χ0v) is 11.2. The maximum absolute atomic E-state index is 11.5. The molecule has 1 aliphatic rings. The zero-order valence-electron chi connectivity index (χ0n) is 11.2. The Bertz CT molecular complexity index is 438. The summed E-state index contributed by atoms with van der Waals surface area (Å²) in [5, 5.41) is 11.9. The number of aliphatic hydroxyl groups excluding tert-OH is 1. The van der Waals surface area contributed by atoms with Crippen molar-refractivity contribution in [2.45, 2.75) is 19.3 Å². The van der Waals surface area contributed by atoms with E-state index >= 15 is 0 Å². The van der Waals surface area contributed by atoms with Crippen LogP contribution in [-0.4, -0.2) is 52.6 Å². The van der Waals surface area contributed by atoms with Gasteiger partial charge in [-0.1, -0.05) is 0 Å². The second-order valence-corrected chi connectivity index (χ2v) is 4.85. The number of piperidine rings is 1. The average molecular weight is 264 g/mol. The molecule has 1 unspecified atom stereocenters. The molecular formula is C13H20N4O2. The Morgan fingerprint density at radius 3 is 3.16 bits per heavy atom. The summed E-state index contributed by atoms with van der Waals surface area (Å²) in [7, 11) is 1.83. The molecule has 0 radical (unpaired) electrons. The predicted octanol–water partition coefficient (Wildman–Crippen LogP) is 0.292. The SMILES string of the molecule is CNc1cc(CC2CCCN(C(=O)CO)C2)ncn1. The van der Waals surface area contributed by atoms with Gasteiger partial charge in [0, 0.05) is 31.9 Å². The minimum Gasteiger partial charge on any atom is -0.387 e. The van der Waals surface area contributed by atoms with Gasteiger partial charge in [-0.05, 0) is 25.2 Å². The Balaban J connectivity index is 1.96. The molecule has 0 spiro atoms. The van der Waals surface area contributed by atoms with Crippen LogP contribution in [0.3, 0.4) is 0 Å². The maximum atomic E-state index is 11.5. The molecule has 1 fully saturated rings. The van der Waals surface area contributed by atoms with E-state index in [-0.39, 0.29) is 5.91 Å². The Hall–Kier alpha value is -1.69. The van der Waals surface area contributed by atoms with Crippen molar-refractivity contribution in [3.05, 3.63) is 18.1 Å². The lowest BCUT2D eigenvalue weighted by Crippen LogP contribution is -2.41. The molecule has 6 heteroatoms. The second-order valence-electron chi connectivity index (χ2n) is 4.85. The van der Waals surface area contributed by atoms with Crippen LogP contribution in [0.4, 0.5) is 5.82 Å². The summed E-state index contributed by atoms with van der Waals surface area (Å²) in [5.41, 5.74) is 0.989. The number of likely N-dealkylation sites (tertiary alicyclic amines) is 1. The first-order valence-corrected chi connectivity index (χ1v) is 6.60. The summed E-state index contributed by atoms with van der Waals surface area (Å²) in [6.07, 6.45) is 4.47. The summed E-state index contributed by atoms with van der Waals surface area (Å²) in [4.78, 5) is 21.6. The van der Waals surface area contributed by atoms with E-state index in [1.165, 1.54) is 0 Å². The number of hydrogen-bond acceptors (Lipinski definition) is 5. The zero-order chi connectivity index (χ0) is 13.7. The summed E-state index contributed by atoms with van der Waals surface area (Å²) >= 11 is 0. The fraction of sp³-hybridized carbons (Fsp3) is 0.615. The third-order valence-corrected chi connectivity index (χ3v) is 3.48. The molecule has 2 heterocycles. The largest absolute Gasteiger partial charge is 0.387 e. The molecule has 1 saturated heterocycles. The van der Waals surface area contributed by atoms with Crippen LogP contribution in [-0.2, 0) is 11.2 Å². The van der Waals surface area contributed by atoms with Gasteiger partial charge >= 0.3 is 0 Å². The van der Waals surface area contributed by atoms with Gasteiger partial charge in [-0.25, -0.2) is 9.97 Å².